The lowest BCUT2D eigenvalue weighted by molar-refractivity contribution is -0.131. The van der Waals surface area contributed by atoms with Crippen LogP contribution in [0.2, 0.25) is 0 Å². The molecule has 0 aliphatic carbocycles. The van der Waals surface area contributed by atoms with E-state index < -0.39 is 0 Å². The summed E-state index contributed by atoms with van der Waals surface area (Å²) in [5, 5.41) is 3.41. The van der Waals surface area contributed by atoms with E-state index in [4.69, 9.17) is 9.47 Å². The highest BCUT2D eigenvalue weighted by molar-refractivity contribution is 5.77. The van der Waals surface area contributed by atoms with E-state index in [1.807, 2.05) is 4.90 Å². The minimum Gasteiger partial charge on any atom is -0.377 e. The Morgan fingerprint density at radius 3 is 2.39 bits per heavy atom. The normalized spacial score (nSPS) is 32.8. The number of piperidine rings is 1. The summed E-state index contributed by atoms with van der Waals surface area (Å²) in [6.07, 6.45) is 4.20. The Morgan fingerprint density at radius 1 is 1.22 bits per heavy atom. The first-order valence-corrected chi connectivity index (χ1v) is 6.81. The molecule has 5 heteroatoms. The maximum absolute atomic E-state index is 12.2. The molecule has 2 heterocycles. The number of amides is 1. The van der Waals surface area contributed by atoms with Gasteiger partial charge in [0.05, 0.1) is 0 Å². The SMILES string of the molecule is COC1CN(C(=O)CC2CCCCN2)CC1OC. The molecule has 0 spiro atoms. The lowest BCUT2D eigenvalue weighted by Crippen LogP contribution is -2.40. The highest BCUT2D eigenvalue weighted by Crippen LogP contribution is 2.18. The van der Waals surface area contributed by atoms with Gasteiger partial charge >= 0.3 is 0 Å². The number of carbonyl (C=O) groups is 1. The van der Waals surface area contributed by atoms with Gasteiger partial charge in [0, 0.05) is 39.8 Å². The van der Waals surface area contributed by atoms with Gasteiger partial charge in [-0.2, -0.15) is 0 Å². The number of nitrogens with zero attached hydrogens (tertiary/aromatic N) is 1. The fourth-order valence-electron chi connectivity index (χ4n) is 2.84. The highest BCUT2D eigenvalue weighted by Gasteiger charge is 2.35. The van der Waals surface area contributed by atoms with Gasteiger partial charge in [0.15, 0.2) is 0 Å². The van der Waals surface area contributed by atoms with Crippen LogP contribution >= 0.6 is 0 Å². The third-order valence-corrected chi connectivity index (χ3v) is 4.01. The fourth-order valence-corrected chi connectivity index (χ4v) is 2.84. The molecule has 2 saturated heterocycles. The van der Waals surface area contributed by atoms with Crippen LogP contribution in [-0.4, -0.2) is 62.9 Å². The minimum absolute atomic E-state index is 0.0123. The molecule has 0 aromatic carbocycles. The largest absolute Gasteiger partial charge is 0.377 e. The molecule has 0 aromatic heterocycles. The summed E-state index contributed by atoms with van der Waals surface area (Å²) in [7, 11) is 3.35. The Hall–Kier alpha value is -0.650. The molecule has 0 bridgehead atoms. The van der Waals surface area contributed by atoms with E-state index in [-0.39, 0.29) is 18.1 Å². The topological polar surface area (TPSA) is 50.8 Å². The number of likely N-dealkylation sites (tertiary alicyclic amines) is 1. The van der Waals surface area contributed by atoms with Gasteiger partial charge in [0.1, 0.15) is 12.2 Å². The second-order valence-electron chi connectivity index (χ2n) is 5.20. The molecule has 2 aliphatic rings. The third-order valence-electron chi connectivity index (χ3n) is 4.01. The predicted octanol–water partition coefficient (Wildman–Crippen LogP) is 0.391. The van der Waals surface area contributed by atoms with Crippen LogP contribution in [0.15, 0.2) is 0 Å². The monoisotopic (exact) mass is 256 g/mol. The smallest absolute Gasteiger partial charge is 0.224 e. The van der Waals surface area contributed by atoms with E-state index in [1.54, 1.807) is 14.2 Å². The van der Waals surface area contributed by atoms with Crippen LogP contribution in [0, 0.1) is 0 Å². The molecule has 0 radical (unpaired) electrons. The van der Waals surface area contributed by atoms with Gasteiger partial charge in [-0.25, -0.2) is 0 Å². The fraction of sp³-hybridized carbons (Fsp3) is 0.923. The van der Waals surface area contributed by atoms with E-state index in [2.05, 4.69) is 5.32 Å². The third kappa shape index (κ3) is 3.22. The van der Waals surface area contributed by atoms with Gasteiger partial charge < -0.3 is 19.7 Å². The molecule has 2 aliphatic heterocycles. The molecular weight excluding hydrogens is 232 g/mol. The Bertz CT molecular complexity index is 267. The Kier molecular flexibility index (Phi) is 4.97. The molecule has 2 rings (SSSR count). The molecule has 1 amide bonds. The minimum atomic E-state index is 0.0123. The van der Waals surface area contributed by atoms with Gasteiger partial charge in [-0.15, -0.1) is 0 Å². The van der Waals surface area contributed by atoms with E-state index in [9.17, 15) is 4.79 Å². The standard InChI is InChI=1S/C13H24N2O3/c1-17-11-8-15(9-12(11)18-2)13(16)7-10-5-3-4-6-14-10/h10-12,14H,3-9H2,1-2H3. The van der Waals surface area contributed by atoms with Crippen molar-refractivity contribution in [2.75, 3.05) is 33.9 Å². The van der Waals surface area contributed by atoms with E-state index >= 15 is 0 Å². The molecule has 0 aromatic rings. The van der Waals surface area contributed by atoms with Crippen molar-refractivity contribution in [2.24, 2.45) is 0 Å². The molecule has 2 fully saturated rings. The second-order valence-corrected chi connectivity index (χ2v) is 5.20. The Labute approximate surface area is 109 Å². The number of carbonyl (C=O) groups excluding carboxylic acids is 1. The Morgan fingerprint density at radius 2 is 1.89 bits per heavy atom. The first-order valence-electron chi connectivity index (χ1n) is 6.81. The lowest BCUT2D eigenvalue weighted by Gasteiger charge is -2.25. The number of hydrogen-bond donors (Lipinski definition) is 1. The molecule has 3 unspecified atom stereocenters. The molecule has 5 nitrogen and oxygen atoms in total. The van der Waals surface area contributed by atoms with Crippen LogP contribution in [-0.2, 0) is 14.3 Å². The van der Waals surface area contributed by atoms with E-state index in [0.717, 1.165) is 13.0 Å². The summed E-state index contributed by atoms with van der Waals surface area (Å²) in [4.78, 5) is 14.1. The number of hydrogen-bond acceptors (Lipinski definition) is 4. The zero-order valence-corrected chi connectivity index (χ0v) is 11.4. The van der Waals surface area contributed by atoms with Gasteiger partial charge in [-0.1, -0.05) is 6.42 Å². The zero-order valence-electron chi connectivity index (χ0n) is 11.4. The number of methoxy groups -OCH3 is 2. The van der Waals surface area contributed by atoms with Crippen LogP contribution < -0.4 is 5.32 Å². The van der Waals surface area contributed by atoms with Crippen molar-refractivity contribution in [3.8, 4) is 0 Å². The van der Waals surface area contributed by atoms with Crippen LogP contribution in [0.25, 0.3) is 0 Å². The van der Waals surface area contributed by atoms with Gasteiger partial charge in [0.25, 0.3) is 0 Å². The Balaban J connectivity index is 1.82. The van der Waals surface area contributed by atoms with Crippen molar-refractivity contribution in [1.29, 1.82) is 0 Å². The van der Waals surface area contributed by atoms with Crippen LogP contribution in [0.4, 0.5) is 0 Å². The summed E-state index contributed by atoms with van der Waals surface area (Å²) in [6.45, 7) is 2.35. The molecular formula is C13H24N2O3. The maximum atomic E-state index is 12.2. The summed E-state index contributed by atoms with van der Waals surface area (Å²) in [5.41, 5.74) is 0. The average molecular weight is 256 g/mol. The van der Waals surface area contributed by atoms with Crippen LogP contribution in [0.5, 0.6) is 0 Å². The van der Waals surface area contributed by atoms with Gasteiger partial charge in [-0.05, 0) is 19.4 Å². The van der Waals surface area contributed by atoms with Crippen molar-refractivity contribution in [2.45, 2.75) is 43.9 Å². The highest BCUT2D eigenvalue weighted by atomic mass is 16.5. The van der Waals surface area contributed by atoms with Crippen molar-refractivity contribution in [1.82, 2.24) is 10.2 Å². The van der Waals surface area contributed by atoms with Crippen LogP contribution in [0.3, 0.4) is 0 Å². The molecule has 1 N–H and O–H groups in total. The summed E-state index contributed by atoms with van der Waals surface area (Å²) >= 11 is 0. The first kappa shape index (κ1) is 13.8. The van der Waals surface area contributed by atoms with Crippen molar-refractivity contribution in [3.05, 3.63) is 0 Å². The maximum Gasteiger partial charge on any atom is 0.224 e. The molecule has 3 atom stereocenters. The second kappa shape index (κ2) is 6.50. The summed E-state index contributed by atoms with van der Waals surface area (Å²) in [6, 6.07) is 0.355. The van der Waals surface area contributed by atoms with Crippen molar-refractivity contribution < 1.29 is 14.3 Å². The van der Waals surface area contributed by atoms with E-state index in [1.165, 1.54) is 12.8 Å². The average Bonchev–Trinajstić information content (AvgIpc) is 2.83. The molecule has 18 heavy (non-hydrogen) atoms. The lowest BCUT2D eigenvalue weighted by atomic mass is 10.0. The van der Waals surface area contributed by atoms with Gasteiger partial charge in [-0.3, -0.25) is 4.79 Å². The number of rotatable bonds is 4. The van der Waals surface area contributed by atoms with Crippen molar-refractivity contribution in [3.63, 3.8) is 0 Å². The number of nitrogens with one attached hydrogen (secondary N) is 1. The van der Waals surface area contributed by atoms with E-state index in [0.29, 0.717) is 25.6 Å². The number of ether oxygens (including phenoxy) is 2. The van der Waals surface area contributed by atoms with Crippen LogP contribution in [0.1, 0.15) is 25.7 Å². The first-order chi connectivity index (χ1) is 8.74. The summed E-state index contributed by atoms with van der Waals surface area (Å²) < 4.78 is 10.7. The molecule has 104 valence electrons. The quantitative estimate of drug-likeness (QED) is 0.790. The predicted molar refractivity (Wildman–Crippen MR) is 68.4 cm³/mol. The molecule has 0 saturated carbocycles. The van der Waals surface area contributed by atoms with Crippen molar-refractivity contribution >= 4 is 5.91 Å². The van der Waals surface area contributed by atoms with Gasteiger partial charge in [0.2, 0.25) is 5.91 Å². The zero-order chi connectivity index (χ0) is 13.0. The summed E-state index contributed by atoms with van der Waals surface area (Å²) in [5.74, 6) is 0.219.